The number of halogens is 1. The minimum absolute atomic E-state index is 0.344. The van der Waals surface area contributed by atoms with Crippen molar-refractivity contribution in [2.75, 3.05) is 6.66 Å². The van der Waals surface area contributed by atoms with E-state index in [1.807, 2.05) is 0 Å². The molecular weight excluding hydrogens is 198 g/mol. The first-order valence-corrected chi connectivity index (χ1v) is 6.76. The van der Waals surface area contributed by atoms with Crippen LogP contribution < -0.4 is 0 Å². The zero-order valence-corrected chi connectivity index (χ0v) is 8.11. The molecule has 1 N–H and O–H groups in total. The van der Waals surface area contributed by atoms with E-state index < -0.39 is 6.57 Å². The van der Waals surface area contributed by atoms with Gasteiger partial charge >= 0.3 is 0 Å². The largest absolute Gasteiger partial charge is 0.337 e. The van der Waals surface area contributed by atoms with E-state index in [9.17, 15) is 8.96 Å². The lowest BCUT2D eigenvalue weighted by atomic mass is 10.4. The van der Waals surface area contributed by atoms with Crippen molar-refractivity contribution in [1.82, 2.24) is 0 Å². The topological polar surface area (TPSA) is 37.3 Å². The van der Waals surface area contributed by atoms with E-state index in [4.69, 9.17) is 4.89 Å². The summed E-state index contributed by atoms with van der Waals surface area (Å²) in [4.78, 5) is 9.57. The molecule has 0 amide bonds. The molecule has 1 aromatic carbocycles. The summed E-state index contributed by atoms with van der Waals surface area (Å²) in [6.07, 6.45) is 0. The molecule has 0 fully saturated rings. The highest BCUT2D eigenvalue weighted by molar-refractivity contribution is 8.56. The first kappa shape index (κ1) is 9.78. The second-order valence-corrected chi connectivity index (χ2v) is 7.19. The average Bonchev–Trinajstić information content (AvgIpc) is 1.91. The van der Waals surface area contributed by atoms with Gasteiger partial charge in [0.05, 0.1) is 0 Å². The minimum atomic E-state index is -3.11. The summed E-state index contributed by atoms with van der Waals surface area (Å²) in [7, 11) is 0. The Morgan fingerprint density at radius 3 is 2.33 bits per heavy atom. The standard InChI is InChI=1S/C7H8FO2PS/c1-11(9,10)12-7-4-2-6(8)3-5-7/h2-5H,1H3,(H,9,10). The maximum atomic E-state index is 12.4. The van der Waals surface area contributed by atoms with E-state index in [-0.39, 0.29) is 5.82 Å². The van der Waals surface area contributed by atoms with Crippen molar-refractivity contribution in [1.29, 1.82) is 0 Å². The van der Waals surface area contributed by atoms with Crippen LogP contribution in [0.5, 0.6) is 0 Å². The monoisotopic (exact) mass is 206 g/mol. The van der Waals surface area contributed by atoms with Crippen molar-refractivity contribution in [3.63, 3.8) is 0 Å². The Morgan fingerprint density at radius 1 is 1.42 bits per heavy atom. The highest BCUT2D eigenvalue weighted by Gasteiger charge is 2.11. The SMILES string of the molecule is CP(=O)(O)Sc1ccc(F)cc1. The molecule has 0 aliphatic rings. The van der Waals surface area contributed by atoms with Crippen LogP contribution in [0, 0.1) is 5.82 Å². The van der Waals surface area contributed by atoms with Gasteiger partial charge in [0.15, 0.2) is 0 Å². The molecule has 1 unspecified atom stereocenters. The van der Waals surface area contributed by atoms with Gasteiger partial charge in [-0.15, -0.1) is 0 Å². The summed E-state index contributed by atoms with van der Waals surface area (Å²) in [6, 6.07) is 5.48. The molecule has 0 heterocycles. The molecule has 1 atom stereocenters. The van der Waals surface area contributed by atoms with Crippen LogP contribution in [0.2, 0.25) is 0 Å². The molecule has 0 radical (unpaired) electrons. The minimum Gasteiger partial charge on any atom is -0.337 e. The lowest BCUT2D eigenvalue weighted by Crippen LogP contribution is -1.74. The van der Waals surface area contributed by atoms with Crippen LogP contribution in [0.1, 0.15) is 0 Å². The summed E-state index contributed by atoms with van der Waals surface area (Å²) >= 11 is 0.854. The fourth-order valence-electron chi connectivity index (χ4n) is 0.691. The molecule has 0 aliphatic carbocycles. The molecule has 12 heavy (non-hydrogen) atoms. The van der Waals surface area contributed by atoms with E-state index in [1.165, 1.54) is 30.9 Å². The average molecular weight is 206 g/mol. The van der Waals surface area contributed by atoms with Crippen molar-refractivity contribution < 1.29 is 13.8 Å². The molecule has 0 bridgehead atoms. The van der Waals surface area contributed by atoms with Crippen molar-refractivity contribution in [2.45, 2.75) is 4.90 Å². The van der Waals surface area contributed by atoms with E-state index in [2.05, 4.69) is 0 Å². The molecule has 0 saturated heterocycles. The van der Waals surface area contributed by atoms with Crippen LogP contribution in [0.3, 0.4) is 0 Å². The van der Waals surface area contributed by atoms with Crippen molar-refractivity contribution >= 4 is 18.0 Å². The van der Waals surface area contributed by atoms with Crippen molar-refractivity contribution in [2.24, 2.45) is 0 Å². The summed E-state index contributed by atoms with van der Waals surface area (Å²) in [5.41, 5.74) is 0. The molecule has 1 aromatic rings. The fourth-order valence-corrected chi connectivity index (χ4v) is 2.88. The third-order valence-corrected chi connectivity index (χ3v) is 3.56. The zero-order valence-electron chi connectivity index (χ0n) is 6.40. The molecule has 0 aromatic heterocycles. The third kappa shape index (κ3) is 3.39. The predicted octanol–water partition coefficient (Wildman–Crippen LogP) is 2.73. The van der Waals surface area contributed by atoms with Gasteiger partial charge in [0, 0.05) is 11.6 Å². The summed E-state index contributed by atoms with van der Waals surface area (Å²) < 4.78 is 23.3. The highest BCUT2D eigenvalue weighted by atomic mass is 32.7. The van der Waals surface area contributed by atoms with Gasteiger partial charge in [0.25, 0.3) is 6.57 Å². The first-order valence-electron chi connectivity index (χ1n) is 3.23. The van der Waals surface area contributed by atoms with Crippen molar-refractivity contribution in [3.05, 3.63) is 30.1 Å². The third-order valence-electron chi connectivity index (χ3n) is 1.09. The second kappa shape index (κ2) is 3.60. The maximum absolute atomic E-state index is 12.4. The molecule has 66 valence electrons. The van der Waals surface area contributed by atoms with E-state index in [0.29, 0.717) is 4.90 Å². The van der Waals surface area contributed by atoms with Gasteiger partial charge < -0.3 is 4.89 Å². The van der Waals surface area contributed by atoms with E-state index in [0.717, 1.165) is 11.4 Å². The quantitative estimate of drug-likeness (QED) is 0.756. The van der Waals surface area contributed by atoms with Crippen molar-refractivity contribution in [3.8, 4) is 0 Å². The Morgan fingerprint density at radius 2 is 1.92 bits per heavy atom. The van der Waals surface area contributed by atoms with Crippen LogP contribution in [-0.4, -0.2) is 11.6 Å². The van der Waals surface area contributed by atoms with Crippen LogP contribution in [0.25, 0.3) is 0 Å². The highest BCUT2D eigenvalue weighted by Crippen LogP contribution is 2.54. The van der Waals surface area contributed by atoms with Crippen LogP contribution in [0.4, 0.5) is 4.39 Å². The van der Waals surface area contributed by atoms with E-state index >= 15 is 0 Å². The Kier molecular flexibility index (Phi) is 2.94. The molecule has 1 rings (SSSR count). The number of hydrogen-bond acceptors (Lipinski definition) is 2. The van der Waals surface area contributed by atoms with Gasteiger partial charge in [0.2, 0.25) is 0 Å². The Bertz CT molecular complexity index is 306. The molecule has 2 nitrogen and oxygen atoms in total. The van der Waals surface area contributed by atoms with Gasteiger partial charge in [-0.3, -0.25) is 4.57 Å². The number of benzene rings is 1. The second-order valence-electron chi connectivity index (χ2n) is 2.35. The molecule has 5 heteroatoms. The lowest BCUT2D eigenvalue weighted by molar-refractivity contribution is 0.503. The molecular formula is C7H8FO2PS. The molecule has 0 spiro atoms. The fraction of sp³-hybridized carbons (Fsp3) is 0.143. The molecule has 0 saturated carbocycles. The van der Waals surface area contributed by atoms with Gasteiger partial charge in [-0.1, -0.05) is 0 Å². The van der Waals surface area contributed by atoms with Gasteiger partial charge in [0.1, 0.15) is 5.82 Å². The van der Waals surface area contributed by atoms with Gasteiger partial charge in [-0.2, -0.15) is 0 Å². The van der Waals surface area contributed by atoms with Crippen LogP contribution in [0.15, 0.2) is 29.2 Å². The Balaban J connectivity index is 2.78. The Labute approximate surface area is 74.0 Å². The Hall–Kier alpha value is -0.310. The lowest BCUT2D eigenvalue weighted by Gasteiger charge is -2.03. The number of hydrogen-bond donors (Lipinski definition) is 1. The van der Waals surface area contributed by atoms with Gasteiger partial charge in [-0.05, 0) is 35.6 Å². The summed E-state index contributed by atoms with van der Waals surface area (Å²) in [5.74, 6) is -0.344. The smallest absolute Gasteiger partial charge is 0.256 e. The zero-order chi connectivity index (χ0) is 9.19. The predicted molar refractivity (Wildman–Crippen MR) is 48.0 cm³/mol. The summed E-state index contributed by atoms with van der Waals surface area (Å²) in [5, 5.41) is 0. The van der Waals surface area contributed by atoms with Crippen LogP contribution in [-0.2, 0) is 4.57 Å². The number of rotatable bonds is 2. The first-order chi connectivity index (χ1) is 5.47. The maximum Gasteiger partial charge on any atom is 0.256 e. The summed E-state index contributed by atoms with van der Waals surface area (Å²) in [6.45, 7) is -1.86. The molecule has 0 aliphatic heterocycles. The van der Waals surface area contributed by atoms with Crippen LogP contribution >= 0.6 is 18.0 Å². The van der Waals surface area contributed by atoms with E-state index in [1.54, 1.807) is 0 Å². The normalized spacial score (nSPS) is 15.6. The van der Waals surface area contributed by atoms with Gasteiger partial charge in [-0.25, -0.2) is 4.39 Å².